The van der Waals surface area contributed by atoms with Crippen molar-refractivity contribution in [2.75, 3.05) is 56.7 Å². The molecular weight excluding hydrogens is 424 g/mol. The first-order valence-electron chi connectivity index (χ1n) is 11.3. The van der Waals surface area contributed by atoms with E-state index in [1.807, 2.05) is 18.2 Å². The van der Waals surface area contributed by atoms with Crippen LogP contribution < -0.4 is 20.3 Å². The third-order valence-corrected chi connectivity index (χ3v) is 6.31. The van der Waals surface area contributed by atoms with Gasteiger partial charge in [0.2, 0.25) is 0 Å². The summed E-state index contributed by atoms with van der Waals surface area (Å²) < 4.78 is 11.0. The molecule has 2 amide bonds. The fourth-order valence-electron chi connectivity index (χ4n) is 4.56. The van der Waals surface area contributed by atoms with Crippen LogP contribution >= 0.6 is 0 Å². The number of methoxy groups -OCH3 is 1. The summed E-state index contributed by atoms with van der Waals surface area (Å²) in [6, 6.07) is 16.6. The van der Waals surface area contributed by atoms with Crippen molar-refractivity contribution in [3.63, 3.8) is 0 Å². The molecule has 2 saturated heterocycles. The molecule has 0 aliphatic carbocycles. The molecule has 9 nitrogen and oxygen atoms in total. The van der Waals surface area contributed by atoms with E-state index < -0.39 is 18.3 Å². The molecule has 0 spiro atoms. The highest BCUT2D eigenvalue weighted by atomic mass is 16.5. The standard InChI is InChI=1S/C24H32N4O5/c1-32-19-9-7-17(8-10-19)26-24(31)25-15-20-22(23(30)21(16-29)33-20)28-13-11-27(12-14-28)18-5-3-2-4-6-18/h2-10,20-23,29-30H,11-16H2,1H3,(H2,25,26,31)/t20-,21-,22+,23+/m0/s1. The van der Waals surface area contributed by atoms with Gasteiger partial charge in [-0.2, -0.15) is 0 Å². The molecule has 4 N–H and O–H groups in total. The number of hydrogen-bond donors (Lipinski definition) is 4. The Kier molecular flexibility index (Phi) is 7.66. The van der Waals surface area contributed by atoms with Gasteiger partial charge in [0.15, 0.2) is 0 Å². The minimum atomic E-state index is -0.824. The average Bonchev–Trinajstić information content (AvgIpc) is 3.19. The highest BCUT2D eigenvalue weighted by molar-refractivity contribution is 5.89. The lowest BCUT2D eigenvalue weighted by Gasteiger charge is -2.41. The average molecular weight is 457 g/mol. The molecule has 2 aliphatic rings. The Bertz CT molecular complexity index is 889. The van der Waals surface area contributed by atoms with E-state index in [-0.39, 0.29) is 25.2 Å². The second-order valence-electron chi connectivity index (χ2n) is 8.30. The molecule has 0 bridgehead atoms. The number of carbonyl (C=O) groups is 1. The van der Waals surface area contributed by atoms with Gasteiger partial charge in [-0.15, -0.1) is 0 Å². The number of benzene rings is 2. The fourth-order valence-corrected chi connectivity index (χ4v) is 4.56. The Morgan fingerprint density at radius 2 is 1.76 bits per heavy atom. The number of aliphatic hydroxyl groups excluding tert-OH is 2. The second-order valence-corrected chi connectivity index (χ2v) is 8.30. The van der Waals surface area contributed by atoms with Crippen LogP contribution in [0.4, 0.5) is 16.2 Å². The van der Waals surface area contributed by atoms with Gasteiger partial charge in [0, 0.05) is 44.1 Å². The van der Waals surface area contributed by atoms with Crippen LogP contribution in [0.3, 0.4) is 0 Å². The maximum absolute atomic E-state index is 12.4. The predicted molar refractivity (Wildman–Crippen MR) is 126 cm³/mol. The first-order valence-corrected chi connectivity index (χ1v) is 11.3. The monoisotopic (exact) mass is 456 g/mol. The topological polar surface area (TPSA) is 107 Å². The summed E-state index contributed by atoms with van der Waals surface area (Å²) in [4.78, 5) is 16.9. The van der Waals surface area contributed by atoms with Crippen LogP contribution in [0.1, 0.15) is 0 Å². The number of piperazine rings is 1. The first kappa shape index (κ1) is 23.3. The van der Waals surface area contributed by atoms with Gasteiger partial charge in [-0.25, -0.2) is 4.79 Å². The molecule has 0 aromatic heterocycles. The van der Waals surface area contributed by atoms with E-state index in [2.05, 4.69) is 32.6 Å². The molecule has 2 fully saturated rings. The van der Waals surface area contributed by atoms with E-state index in [1.165, 1.54) is 5.69 Å². The third kappa shape index (κ3) is 5.56. The smallest absolute Gasteiger partial charge is 0.319 e. The molecular formula is C24H32N4O5. The van der Waals surface area contributed by atoms with Crippen LogP contribution in [-0.2, 0) is 4.74 Å². The Labute approximate surface area is 193 Å². The molecule has 9 heteroatoms. The van der Waals surface area contributed by atoms with Crippen LogP contribution in [0.5, 0.6) is 5.75 Å². The van der Waals surface area contributed by atoms with Gasteiger partial charge in [0.25, 0.3) is 0 Å². The molecule has 2 aromatic rings. The molecule has 0 radical (unpaired) electrons. The van der Waals surface area contributed by atoms with E-state index in [9.17, 15) is 15.0 Å². The molecule has 4 atom stereocenters. The lowest BCUT2D eigenvalue weighted by molar-refractivity contribution is -0.0205. The van der Waals surface area contributed by atoms with Crippen molar-refractivity contribution in [1.82, 2.24) is 10.2 Å². The molecule has 0 saturated carbocycles. The summed E-state index contributed by atoms with van der Waals surface area (Å²) in [5, 5.41) is 26.1. The van der Waals surface area contributed by atoms with Crippen LogP contribution in [0, 0.1) is 0 Å². The lowest BCUT2D eigenvalue weighted by atomic mass is 10.0. The molecule has 2 aliphatic heterocycles. The Balaban J connectivity index is 1.33. The first-order chi connectivity index (χ1) is 16.1. The van der Waals surface area contributed by atoms with E-state index in [0.717, 1.165) is 26.2 Å². The van der Waals surface area contributed by atoms with Gasteiger partial charge in [-0.3, -0.25) is 4.90 Å². The molecule has 33 heavy (non-hydrogen) atoms. The predicted octanol–water partition coefficient (Wildman–Crippen LogP) is 1.13. The normalized spacial score (nSPS) is 25.6. The minimum absolute atomic E-state index is 0.221. The van der Waals surface area contributed by atoms with Gasteiger partial charge in [-0.05, 0) is 36.4 Å². The van der Waals surface area contributed by atoms with Crippen LogP contribution in [-0.4, -0.2) is 91.9 Å². The maximum atomic E-state index is 12.4. The zero-order valence-electron chi connectivity index (χ0n) is 18.8. The summed E-state index contributed by atoms with van der Waals surface area (Å²) in [6.45, 7) is 3.12. The molecule has 2 heterocycles. The van der Waals surface area contributed by atoms with Crippen molar-refractivity contribution < 1.29 is 24.5 Å². The number of ether oxygens (including phenoxy) is 2. The van der Waals surface area contributed by atoms with Crippen LogP contribution in [0.2, 0.25) is 0 Å². The SMILES string of the molecule is COc1ccc(NC(=O)NC[C@@H]2O[C@@H](CO)[C@@H](O)[C@@H]2N2CCN(c3ccccc3)CC2)cc1. The number of rotatable bonds is 7. The van der Waals surface area contributed by atoms with Gasteiger partial charge in [0.05, 0.1) is 25.9 Å². The highest BCUT2D eigenvalue weighted by Crippen LogP contribution is 2.27. The quantitative estimate of drug-likeness (QED) is 0.495. The van der Waals surface area contributed by atoms with Crippen molar-refractivity contribution in [3.8, 4) is 5.75 Å². The number of aliphatic hydroxyl groups is 2. The zero-order chi connectivity index (χ0) is 23.2. The fraction of sp³-hybridized carbons (Fsp3) is 0.458. The minimum Gasteiger partial charge on any atom is -0.497 e. The maximum Gasteiger partial charge on any atom is 0.319 e. The number of nitrogens with one attached hydrogen (secondary N) is 2. The summed E-state index contributed by atoms with van der Waals surface area (Å²) in [6.07, 6.45) is -1.92. The number of para-hydroxylation sites is 1. The summed E-state index contributed by atoms with van der Waals surface area (Å²) >= 11 is 0. The van der Waals surface area contributed by atoms with E-state index >= 15 is 0 Å². The van der Waals surface area contributed by atoms with Crippen LogP contribution in [0.15, 0.2) is 54.6 Å². The number of amides is 2. The number of urea groups is 1. The van der Waals surface area contributed by atoms with Crippen molar-refractivity contribution in [2.45, 2.75) is 24.4 Å². The molecule has 4 rings (SSSR count). The van der Waals surface area contributed by atoms with E-state index in [0.29, 0.717) is 11.4 Å². The number of nitrogens with zero attached hydrogens (tertiary/aromatic N) is 2. The Hall–Kier alpha value is -2.85. The second kappa shape index (κ2) is 10.8. The van der Waals surface area contributed by atoms with E-state index in [1.54, 1.807) is 31.4 Å². The number of anilines is 2. The Morgan fingerprint density at radius 1 is 1.06 bits per heavy atom. The Morgan fingerprint density at radius 3 is 2.39 bits per heavy atom. The van der Waals surface area contributed by atoms with Gasteiger partial charge in [0.1, 0.15) is 18.0 Å². The molecule has 0 unspecified atom stereocenters. The largest absolute Gasteiger partial charge is 0.497 e. The van der Waals surface area contributed by atoms with Crippen molar-refractivity contribution in [3.05, 3.63) is 54.6 Å². The van der Waals surface area contributed by atoms with Gasteiger partial charge >= 0.3 is 6.03 Å². The van der Waals surface area contributed by atoms with E-state index in [4.69, 9.17) is 9.47 Å². The summed E-state index contributed by atoms with van der Waals surface area (Å²) in [7, 11) is 1.59. The summed E-state index contributed by atoms with van der Waals surface area (Å²) in [5.74, 6) is 0.708. The van der Waals surface area contributed by atoms with Crippen molar-refractivity contribution >= 4 is 17.4 Å². The highest BCUT2D eigenvalue weighted by Gasteiger charge is 2.46. The zero-order valence-corrected chi connectivity index (χ0v) is 18.8. The van der Waals surface area contributed by atoms with Crippen molar-refractivity contribution in [2.24, 2.45) is 0 Å². The van der Waals surface area contributed by atoms with Gasteiger partial charge in [-0.1, -0.05) is 18.2 Å². The number of hydrogen-bond acceptors (Lipinski definition) is 7. The third-order valence-electron chi connectivity index (χ3n) is 6.31. The molecule has 2 aromatic carbocycles. The van der Waals surface area contributed by atoms with Crippen molar-refractivity contribution in [1.29, 1.82) is 0 Å². The van der Waals surface area contributed by atoms with Crippen LogP contribution in [0.25, 0.3) is 0 Å². The summed E-state index contributed by atoms with van der Waals surface area (Å²) in [5.41, 5.74) is 1.82. The van der Waals surface area contributed by atoms with Gasteiger partial charge < -0.3 is 35.2 Å². The number of carbonyl (C=O) groups excluding carboxylic acids is 1. The lowest BCUT2D eigenvalue weighted by Crippen LogP contribution is -2.57. The molecule has 178 valence electrons.